The van der Waals surface area contributed by atoms with E-state index in [0.717, 1.165) is 38.3 Å². The Balaban J connectivity index is 0.934. The van der Waals surface area contributed by atoms with Gasteiger partial charge in [0.1, 0.15) is 26.0 Å². The molecule has 3 amide bonds. The van der Waals surface area contributed by atoms with Gasteiger partial charge in [-0.05, 0) is 33.4 Å². The number of rotatable bonds is 12. The van der Waals surface area contributed by atoms with Gasteiger partial charge in [-0.25, -0.2) is 24.5 Å². The molecule has 0 unspecified atom stereocenters. The number of ether oxygens (including phenoxy) is 3. The number of carboxylic acids is 1. The maximum Gasteiger partial charge on any atom is 0.413 e. The number of aromatic nitrogens is 4. The summed E-state index contributed by atoms with van der Waals surface area (Å²) in [4.78, 5) is 66.3. The average molecular weight is 768 g/mol. The first-order valence-corrected chi connectivity index (χ1v) is 18.3. The second-order valence-electron chi connectivity index (χ2n) is 13.6. The summed E-state index contributed by atoms with van der Waals surface area (Å²) in [6.07, 6.45) is 0.348. The van der Waals surface area contributed by atoms with E-state index >= 15 is 0 Å². The highest BCUT2D eigenvalue weighted by atomic mass is 16.6. The van der Waals surface area contributed by atoms with Crippen molar-refractivity contribution in [2.75, 3.05) is 31.7 Å². The van der Waals surface area contributed by atoms with Gasteiger partial charge in [-0.2, -0.15) is 0 Å². The summed E-state index contributed by atoms with van der Waals surface area (Å²) in [5.41, 5.74) is 6.24. The number of imidazole rings is 1. The highest BCUT2D eigenvalue weighted by Crippen LogP contribution is 2.44. The predicted molar refractivity (Wildman–Crippen MR) is 206 cm³/mol. The molecule has 3 heterocycles. The Kier molecular flexibility index (Phi) is 10.5. The highest BCUT2D eigenvalue weighted by molar-refractivity contribution is 5.94. The van der Waals surface area contributed by atoms with Crippen LogP contribution < -0.4 is 10.6 Å². The molecule has 2 aromatic heterocycles. The van der Waals surface area contributed by atoms with Gasteiger partial charge >= 0.3 is 18.2 Å². The Morgan fingerprint density at radius 3 is 2.09 bits per heavy atom. The molecule has 6 aromatic rings. The largest absolute Gasteiger partial charge is 0.480 e. The van der Waals surface area contributed by atoms with Crippen molar-refractivity contribution in [2.24, 2.45) is 0 Å². The SMILES string of the molecule is O=C(O)CN(C(=O)Cn1cnc2c(NC(=O)OC(c3ccccc3)c3ccccc3)ncnc21)[C@@H]1COC[C@H]1NC(=O)OCC1c2ccccc2-c2ccccc21. The van der Waals surface area contributed by atoms with Crippen LogP contribution in [0.5, 0.6) is 0 Å². The van der Waals surface area contributed by atoms with Crippen molar-refractivity contribution in [3.8, 4) is 11.1 Å². The van der Waals surface area contributed by atoms with E-state index in [9.17, 15) is 24.3 Å². The fraction of sp³-hybridized carbons (Fsp3) is 0.214. The molecule has 1 saturated heterocycles. The van der Waals surface area contributed by atoms with Crippen molar-refractivity contribution in [3.05, 3.63) is 144 Å². The van der Waals surface area contributed by atoms with Gasteiger partial charge in [-0.3, -0.25) is 14.9 Å². The van der Waals surface area contributed by atoms with Crippen LogP contribution in [0.1, 0.15) is 34.3 Å². The number of carboxylic acid groups (broad SMARTS) is 1. The summed E-state index contributed by atoms with van der Waals surface area (Å²) >= 11 is 0. The summed E-state index contributed by atoms with van der Waals surface area (Å²) < 4.78 is 18.7. The molecule has 15 heteroatoms. The van der Waals surface area contributed by atoms with Crippen LogP contribution in [0.2, 0.25) is 0 Å². The number of nitrogens with zero attached hydrogens (tertiary/aromatic N) is 5. The van der Waals surface area contributed by atoms with E-state index in [-0.39, 0.29) is 49.3 Å². The smallest absolute Gasteiger partial charge is 0.413 e. The number of carbonyl (C=O) groups is 4. The number of alkyl carbamates (subject to hydrolysis) is 1. The van der Waals surface area contributed by atoms with Crippen LogP contribution in [0.4, 0.5) is 15.4 Å². The molecule has 57 heavy (non-hydrogen) atoms. The van der Waals surface area contributed by atoms with Crippen molar-refractivity contribution in [1.29, 1.82) is 0 Å². The zero-order valence-electron chi connectivity index (χ0n) is 30.4. The van der Waals surface area contributed by atoms with Gasteiger partial charge in [0.25, 0.3) is 0 Å². The lowest BCUT2D eigenvalue weighted by molar-refractivity contribution is -0.146. The molecule has 8 rings (SSSR count). The maximum atomic E-state index is 13.9. The maximum absolute atomic E-state index is 13.9. The third kappa shape index (κ3) is 7.86. The lowest BCUT2D eigenvalue weighted by atomic mass is 9.98. The number of aliphatic carboxylic acids is 1. The third-order valence-electron chi connectivity index (χ3n) is 10.1. The number of hydrogen-bond donors (Lipinski definition) is 3. The van der Waals surface area contributed by atoms with Crippen molar-refractivity contribution in [3.63, 3.8) is 0 Å². The minimum absolute atomic E-state index is 0.0106. The van der Waals surface area contributed by atoms with Gasteiger partial charge in [-0.1, -0.05) is 109 Å². The second kappa shape index (κ2) is 16.3. The number of anilines is 1. The summed E-state index contributed by atoms with van der Waals surface area (Å²) in [5, 5.41) is 15.3. The Labute approximate surface area is 326 Å². The minimum Gasteiger partial charge on any atom is -0.480 e. The van der Waals surface area contributed by atoms with Gasteiger partial charge in [0, 0.05) is 5.92 Å². The van der Waals surface area contributed by atoms with Gasteiger partial charge < -0.3 is 34.1 Å². The molecule has 15 nitrogen and oxygen atoms in total. The highest BCUT2D eigenvalue weighted by Gasteiger charge is 2.39. The monoisotopic (exact) mass is 767 g/mol. The van der Waals surface area contributed by atoms with E-state index in [1.807, 2.05) is 109 Å². The van der Waals surface area contributed by atoms with Crippen LogP contribution in [-0.4, -0.2) is 92.0 Å². The number of nitrogens with one attached hydrogen (secondary N) is 2. The molecule has 288 valence electrons. The van der Waals surface area contributed by atoms with Gasteiger partial charge in [0.15, 0.2) is 23.1 Å². The lowest BCUT2D eigenvalue weighted by Crippen LogP contribution is -2.55. The first-order chi connectivity index (χ1) is 27.8. The van der Waals surface area contributed by atoms with Crippen LogP contribution in [0, 0.1) is 0 Å². The second-order valence-corrected chi connectivity index (χ2v) is 13.6. The topological polar surface area (TPSA) is 187 Å². The molecule has 4 aromatic carbocycles. The number of carbonyl (C=O) groups excluding carboxylic acids is 3. The zero-order chi connectivity index (χ0) is 39.3. The van der Waals surface area contributed by atoms with Crippen LogP contribution >= 0.6 is 0 Å². The molecule has 2 aliphatic rings. The lowest BCUT2D eigenvalue weighted by Gasteiger charge is -2.31. The molecule has 0 saturated carbocycles. The zero-order valence-corrected chi connectivity index (χ0v) is 30.4. The van der Waals surface area contributed by atoms with E-state index in [2.05, 4.69) is 25.6 Å². The molecule has 3 N–H and O–H groups in total. The van der Waals surface area contributed by atoms with Gasteiger partial charge in [0.2, 0.25) is 5.91 Å². The quantitative estimate of drug-likeness (QED) is 0.145. The number of hydrogen-bond acceptors (Lipinski definition) is 10. The van der Waals surface area contributed by atoms with Crippen LogP contribution in [0.25, 0.3) is 22.3 Å². The molecular weight excluding hydrogens is 731 g/mol. The summed E-state index contributed by atoms with van der Waals surface area (Å²) in [5.74, 6) is -1.94. The Bertz CT molecular complexity index is 2340. The summed E-state index contributed by atoms with van der Waals surface area (Å²) in [6.45, 7) is -0.896. The number of benzene rings is 4. The summed E-state index contributed by atoms with van der Waals surface area (Å²) in [6, 6.07) is 33.0. The standard InChI is InChI=1S/C42H37N7O8/c50-35(19-48-25-45-37-39(43-24-44-40(37)48)47-42(54)57-38(26-11-3-1-4-12-26)27-13-5-2-6-14-27)49(20-36(51)52)34-23-55-22-33(34)46-41(53)56-21-32-30-17-9-7-15-28(30)29-16-8-10-18-31(29)32/h1-18,24-25,32-34,38H,19-23H2,(H,46,53)(H,51,52)(H,43,44,47,54)/t33-,34-/m1/s1. The molecule has 1 aliphatic carbocycles. The number of fused-ring (bicyclic) bond motifs is 4. The predicted octanol–water partition coefficient (Wildman–Crippen LogP) is 5.38. The van der Waals surface area contributed by atoms with E-state index in [1.54, 1.807) is 0 Å². The summed E-state index contributed by atoms with van der Waals surface area (Å²) in [7, 11) is 0. The normalized spacial score (nSPS) is 15.8. The average Bonchev–Trinajstić information content (AvgIpc) is 3.95. The molecule has 2 atom stereocenters. The van der Waals surface area contributed by atoms with Gasteiger partial charge in [0.05, 0.1) is 31.6 Å². The van der Waals surface area contributed by atoms with E-state index in [4.69, 9.17) is 14.2 Å². The van der Waals surface area contributed by atoms with Crippen molar-refractivity contribution in [2.45, 2.75) is 30.7 Å². The molecule has 0 bridgehead atoms. The van der Waals surface area contributed by atoms with Gasteiger partial charge in [-0.15, -0.1) is 0 Å². The van der Waals surface area contributed by atoms with Crippen molar-refractivity contribution >= 4 is 41.0 Å². The fourth-order valence-corrected chi connectivity index (χ4v) is 7.46. The first-order valence-electron chi connectivity index (χ1n) is 18.3. The van der Waals surface area contributed by atoms with Crippen molar-refractivity contribution in [1.82, 2.24) is 29.7 Å². The first kappa shape index (κ1) is 36.8. The minimum atomic E-state index is -1.25. The van der Waals surface area contributed by atoms with E-state index < -0.39 is 48.8 Å². The van der Waals surface area contributed by atoms with Crippen LogP contribution in [0.15, 0.2) is 122 Å². The number of amides is 3. The molecular formula is C42H37N7O8. The third-order valence-corrected chi connectivity index (χ3v) is 10.1. The van der Waals surface area contributed by atoms with E-state index in [1.165, 1.54) is 17.2 Å². The van der Waals surface area contributed by atoms with E-state index in [0.29, 0.717) is 0 Å². The Morgan fingerprint density at radius 2 is 1.44 bits per heavy atom. The Hall–Kier alpha value is -7.13. The molecule has 1 fully saturated rings. The molecule has 0 spiro atoms. The molecule has 1 aliphatic heterocycles. The van der Waals surface area contributed by atoms with Crippen LogP contribution in [-0.2, 0) is 30.3 Å². The Morgan fingerprint density at radius 1 is 0.807 bits per heavy atom. The fourth-order valence-electron chi connectivity index (χ4n) is 7.46. The molecule has 0 radical (unpaired) electrons. The van der Waals surface area contributed by atoms with Crippen LogP contribution in [0.3, 0.4) is 0 Å². The van der Waals surface area contributed by atoms with Crippen molar-refractivity contribution < 1.29 is 38.5 Å².